The van der Waals surface area contributed by atoms with Gasteiger partial charge in [0, 0.05) is 11.4 Å². The molecule has 0 aromatic carbocycles. The number of carbonyl (C=O) groups excluding carboxylic acids is 1. The van der Waals surface area contributed by atoms with E-state index in [1.54, 1.807) is 18.2 Å². The standard InChI is InChI=1S/C14H11ClN2O3S/c15-11-3-1-2-9(16-11)13(18)17-6-4-10-8(5-7-21-10)12(17)14(19)20/h1-3,5,7,12H,4,6H2,(H,19,20). The lowest BCUT2D eigenvalue weighted by Crippen LogP contribution is -2.43. The third kappa shape index (κ3) is 2.52. The van der Waals surface area contributed by atoms with E-state index in [9.17, 15) is 14.7 Å². The lowest BCUT2D eigenvalue weighted by atomic mass is 9.99. The fourth-order valence-corrected chi connectivity index (χ4v) is 3.54. The molecule has 0 spiro atoms. The van der Waals surface area contributed by atoms with Gasteiger partial charge in [-0.1, -0.05) is 17.7 Å². The molecule has 1 aliphatic heterocycles. The van der Waals surface area contributed by atoms with Crippen LogP contribution >= 0.6 is 22.9 Å². The minimum Gasteiger partial charge on any atom is -0.479 e. The van der Waals surface area contributed by atoms with Crippen LogP contribution < -0.4 is 0 Å². The maximum atomic E-state index is 12.5. The summed E-state index contributed by atoms with van der Waals surface area (Å²) in [6.45, 7) is 0.359. The van der Waals surface area contributed by atoms with Crippen molar-refractivity contribution in [1.82, 2.24) is 9.88 Å². The number of pyridine rings is 1. The highest BCUT2D eigenvalue weighted by molar-refractivity contribution is 7.10. The lowest BCUT2D eigenvalue weighted by molar-refractivity contribution is -0.142. The molecule has 7 heteroatoms. The zero-order chi connectivity index (χ0) is 15.0. The van der Waals surface area contributed by atoms with Crippen molar-refractivity contribution in [3.8, 4) is 0 Å². The van der Waals surface area contributed by atoms with Crippen LogP contribution in [0, 0.1) is 0 Å². The summed E-state index contributed by atoms with van der Waals surface area (Å²) in [5.74, 6) is -1.45. The number of carbonyl (C=O) groups is 2. The molecule has 108 valence electrons. The molecule has 0 saturated carbocycles. The predicted molar refractivity (Wildman–Crippen MR) is 78.7 cm³/mol. The monoisotopic (exact) mass is 322 g/mol. The Labute approximate surface area is 129 Å². The van der Waals surface area contributed by atoms with Gasteiger partial charge in [-0.25, -0.2) is 9.78 Å². The Balaban J connectivity index is 1.98. The van der Waals surface area contributed by atoms with Crippen LogP contribution in [0.1, 0.15) is 27.0 Å². The number of hydrogen-bond acceptors (Lipinski definition) is 4. The van der Waals surface area contributed by atoms with Gasteiger partial charge in [0.15, 0.2) is 6.04 Å². The van der Waals surface area contributed by atoms with Crippen LogP contribution in [0.5, 0.6) is 0 Å². The second-order valence-electron chi connectivity index (χ2n) is 4.63. The summed E-state index contributed by atoms with van der Waals surface area (Å²) in [5, 5.41) is 11.6. The van der Waals surface area contributed by atoms with E-state index in [0.717, 1.165) is 4.88 Å². The molecule has 0 saturated heterocycles. The van der Waals surface area contributed by atoms with E-state index in [0.29, 0.717) is 18.5 Å². The van der Waals surface area contributed by atoms with Crippen LogP contribution in [-0.4, -0.2) is 33.4 Å². The maximum absolute atomic E-state index is 12.5. The lowest BCUT2D eigenvalue weighted by Gasteiger charge is -2.32. The van der Waals surface area contributed by atoms with Gasteiger partial charge in [0.1, 0.15) is 10.8 Å². The summed E-state index contributed by atoms with van der Waals surface area (Å²) in [5.41, 5.74) is 0.849. The zero-order valence-electron chi connectivity index (χ0n) is 10.8. The fourth-order valence-electron chi connectivity index (χ4n) is 2.48. The van der Waals surface area contributed by atoms with Crippen LogP contribution in [0.3, 0.4) is 0 Å². The Bertz CT molecular complexity index is 716. The molecule has 0 aliphatic carbocycles. The number of hydrogen-bond donors (Lipinski definition) is 1. The molecule has 0 fully saturated rings. The number of fused-ring (bicyclic) bond motifs is 1. The van der Waals surface area contributed by atoms with Crippen LogP contribution in [0.2, 0.25) is 5.15 Å². The van der Waals surface area contributed by atoms with Crippen molar-refractivity contribution in [2.75, 3.05) is 6.54 Å². The molecule has 2 aromatic rings. The third-order valence-electron chi connectivity index (χ3n) is 3.39. The highest BCUT2D eigenvalue weighted by Crippen LogP contribution is 2.34. The summed E-state index contributed by atoms with van der Waals surface area (Å²) < 4.78 is 0. The van der Waals surface area contributed by atoms with Gasteiger partial charge < -0.3 is 10.0 Å². The number of thiophene rings is 1. The van der Waals surface area contributed by atoms with E-state index in [2.05, 4.69) is 4.98 Å². The summed E-state index contributed by atoms with van der Waals surface area (Å²) in [6, 6.07) is 5.53. The predicted octanol–water partition coefficient (Wildman–Crippen LogP) is 2.62. The molecular formula is C14H11ClN2O3S. The third-order valence-corrected chi connectivity index (χ3v) is 4.60. The molecule has 3 rings (SSSR count). The van der Waals surface area contributed by atoms with E-state index >= 15 is 0 Å². The fraction of sp³-hybridized carbons (Fsp3) is 0.214. The molecular weight excluding hydrogens is 312 g/mol. The number of carboxylic acids is 1. The highest BCUT2D eigenvalue weighted by atomic mass is 35.5. The molecule has 1 atom stereocenters. The first kappa shape index (κ1) is 14.0. The van der Waals surface area contributed by atoms with Crippen molar-refractivity contribution < 1.29 is 14.7 Å². The molecule has 2 aromatic heterocycles. The summed E-state index contributed by atoms with van der Waals surface area (Å²) in [4.78, 5) is 30.5. The van der Waals surface area contributed by atoms with Crippen LogP contribution in [-0.2, 0) is 11.2 Å². The van der Waals surface area contributed by atoms with E-state index < -0.39 is 17.9 Å². The normalized spacial score (nSPS) is 17.4. The molecule has 21 heavy (non-hydrogen) atoms. The Morgan fingerprint density at radius 1 is 1.38 bits per heavy atom. The Hall–Kier alpha value is -1.92. The second kappa shape index (κ2) is 5.46. The van der Waals surface area contributed by atoms with Gasteiger partial charge >= 0.3 is 5.97 Å². The average Bonchev–Trinajstić information content (AvgIpc) is 2.93. The smallest absolute Gasteiger partial charge is 0.331 e. The van der Waals surface area contributed by atoms with Gasteiger partial charge in [-0.3, -0.25) is 4.79 Å². The molecule has 3 heterocycles. The van der Waals surface area contributed by atoms with Crippen LogP contribution in [0.25, 0.3) is 0 Å². The maximum Gasteiger partial charge on any atom is 0.331 e. The van der Waals surface area contributed by atoms with E-state index in [4.69, 9.17) is 11.6 Å². The van der Waals surface area contributed by atoms with Crippen molar-refractivity contribution in [2.45, 2.75) is 12.5 Å². The van der Waals surface area contributed by atoms with Crippen molar-refractivity contribution >= 4 is 34.8 Å². The molecule has 1 N–H and O–H groups in total. The Morgan fingerprint density at radius 3 is 2.90 bits per heavy atom. The van der Waals surface area contributed by atoms with Crippen molar-refractivity contribution in [2.24, 2.45) is 0 Å². The average molecular weight is 323 g/mol. The second-order valence-corrected chi connectivity index (χ2v) is 6.02. The summed E-state index contributed by atoms with van der Waals surface area (Å²) in [6.07, 6.45) is 0.656. The molecule has 1 aliphatic rings. The molecule has 0 bridgehead atoms. The van der Waals surface area contributed by atoms with Gasteiger partial charge in [-0.2, -0.15) is 0 Å². The zero-order valence-corrected chi connectivity index (χ0v) is 12.4. The SMILES string of the molecule is O=C(O)C1c2ccsc2CCN1C(=O)c1cccc(Cl)n1. The van der Waals surface area contributed by atoms with Gasteiger partial charge in [0.25, 0.3) is 5.91 Å². The van der Waals surface area contributed by atoms with E-state index in [1.807, 2.05) is 5.38 Å². The largest absolute Gasteiger partial charge is 0.479 e. The Morgan fingerprint density at radius 2 is 2.19 bits per heavy atom. The van der Waals surface area contributed by atoms with Crippen molar-refractivity contribution in [3.63, 3.8) is 0 Å². The summed E-state index contributed by atoms with van der Waals surface area (Å²) in [7, 11) is 0. The van der Waals surface area contributed by atoms with Gasteiger partial charge in [-0.05, 0) is 35.6 Å². The van der Waals surface area contributed by atoms with Gasteiger partial charge in [-0.15, -0.1) is 11.3 Å². The number of carboxylic acid groups (broad SMARTS) is 1. The number of aliphatic carboxylic acids is 1. The molecule has 1 unspecified atom stereocenters. The van der Waals surface area contributed by atoms with E-state index in [-0.39, 0.29) is 10.8 Å². The number of aromatic nitrogens is 1. The van der Waals surface area contributed by atoms with Crippen molar-refractivity contribution in [1.29, 1.82) is 0 Å². The summed E-state index contributed by atoms with van der Waals surface area (Å²) >= 11 is 7.31. The topological polar surface area (TPSA) is 70.5 Å². The number of halogens is 1. The van der Waals surface area contributed by atoms with Crippen molar-refractivity contribution in [3.05, 3.63) is 50.9 Å². The molecule has 0 radical (unpaired) electrons. The first-order valence-corrected chi connectivity index (χ1v) is 7.56. The quantitative estimate of drug-likeness (QED) is 0.863. The minimum absolute atomic E-state index is 0.160. The molecule has 5 nitrogen and oxygen atoms in total. The van der Waals surface area contributed by atoms with E-state index in [1.165, 1.54) is 22.3 Å². The molecule has 1 amide bonds. The van der Waals surface area contributed by atoms with Crippen LogP contribution in [0.4, 0.5) is 0 Å². The number of nitrogens with zero attached hydrogens (tertiary/aromatic N) is 2. The first-order chi connectivity index (χ1) is 10.1. The highest BCUT2D eigenvalue weighted by Gasteiger charge is 2.37. The van der Waals surface area contributed by atoms with Gasteiger partial charge in [0.05, 0.1) is 0 Å². The minimum atomic E-state index is -1.04. The number of rotatable bonds is 2. The first-order valence-electron chi connectivity index (χ1n) is 6.30. The van der Waals surface area contributed by atoms with Crippen LogP contribution in [0.15, 0.2) is 29.6 Å². The Kier molecular flexibility index (Phi) is 3.65. The van der Waals surface area contributed by atoms with Gasteiger partial charge in [0.2, 0.25) is 0 Å². The number of amides is 1.